The molecular formula is C28H47NO3. The number of fused-ring (bicyclic) bond motifs is 5. The summed E-state index contributed by atoms with van der Waals surface area (Å²) in [6, 6.07) is 0. The highest BCUT2D eigenvalue weighted by Gasteiger charge is 2.66. The molecular weight excluding hydrogens is 398 g/mol. The number of piperidine rings is 1. The Morgan fingerprint density at radius 1 is 0.875 bits per heavy atom. The summed E-state index contributed by atoms with van der Waals surface area (Å²) in [5, 5.41) is 20.8. The summed E-state index contributed by atoms with van der Waals surface area (Å²) in [6.07, 6.45) is 11.9. The van der Waals surface area contributed by atoms with E-state index in [0.29, 0.717) is 41.5 Å². The maximum Gasteiger partial charge on any atom is 0.150 e. The zero-order chi connectivity index (χ0) is 22.9. The van der Waals surface area contributed by atoms with Crippen molar-refractivity contribution in [2.75, 3.05) is 19.6 Å². The molecule has 4 heteroatoms. The number of hydrogen-bond donors (Lipinski definition) is 2. The van der Waals surface area contributed by atoms with Gasteiger partial charge in [-0.3, -0.25) is 9.69 Å². The normalized spacial score (nSPS) is 53.9. The summed E-state index contributed by atoms with van der Waals surface area (Å²) in [5.74, 6) is 2.67. The molecule has 182 valence electrons. The van der Waals surface area contributed by atoms with E-state index < -0.39 is 5.60 Å². The molecule has 2 N–H and O–H groups in total. The van der Waals surface area contributed by atoms with Crippen molar-refractivity contribution in [3.63, 3.8) is 0 Å². The number of hydrogen-bond acceptors (Lipinski definition) is 4. The van der Waals surface area contributed by atoms with Crippen LogP contribution in [0.5, 0.6) is 0 Å². The number of rotatable bonds is 3. The molecule has 32 heavy (non-hydrogen) atoms. The molecule has 1 heterocycles. The maximum atomic E-state index is 13.6. The van der Waals surface area contributed by atoms with Gasteiger partial charge in [-0.15, -0.1) is 0 Å². The molecule has 0 spiro atoms. The Kier molecular flexibility index (Phi) is 5.67. The Morgan fingerprint density at radius 2 is 1.59 bits per heavy atom. The molecule has 0 radical (unpaired) electrons. The van der Waals surface area contributed by atoms with Crippen molar-refractivity contribution >= 4 is 5.78 Å². The molecule has 4 aliphatic carbocycles. The minimum Gasteiger partial charge on any atom is -0.392 e. The molecule has 5 rings (SSSR count). The van der Waals surface area contributed by atoms with Gasteiger partial charge in [-0.1, -0.05) is 20.8 Å². The highest BCUT2D eigenvalue weighted by molar-refractivity contribution is 5.84. The molecule has 5 aliphatic rings. The van der Waals surface area contributed by atoms with Crippen molar-refractivity contribution in [2.45, 2.75) is 110 Å². The van der Waals surface area contributed by atoms with E-state index >= 15 is 0 Å². The SMILES string of the molecule is CC12CC[C@@](C)(O)C[C@@H]1CCC1(C)[C@@H]2CC[C@]2(C)[C@@H](C(=O)CN3CCCC(O)C3)CC[C@@H]12. The standard InChI is InChI=1S/C28H47NO3/c1-25(32)13-14-26(2)19(16-25)9-11-28(4)23-8-7-21(27(23,3)12-10-24(26)28)22(31)18-29-15-5-6-20(30)17-29/h19-21,23-24,30,32H,5-18H2,1-4H3/t19-,20?,21+,23+,24+,25+,26?,27+,28?/m0/s1. The summed E-state index contributed by atoms with van der Waals surface area (Å²) in [5.41, 5.74) is 0.342. The molecule has 3 unspecified atom stereocenters. The number of β-amino-alcohol motifs (C(OH)–C–C–N with tert-alkyl or cyclic N) is 1. The van der Waals surface area contributed by atoms with Crippen LogP contribution in [0, 0.1) is 39.9 Å². The van der Waals surface area contributed by atoms with Gasteiger partial charge in [-0.2, -0.15) is 0 Å². The number of aliphatic hydroxyl groups excluding tert-OH is 1. The molecule has 0 aromatic heterocycles. The zero-order valence-electron chi connectivity index (χ0n) is 21.0. The monoisotopic (exact) mass is 445 g/mol. The van der Waals surface area contributed by atoms with E-state index in [-0.39, 0.29) is 17.4 Å². The summed E-state index contributed by atoms with van der Waals surface area (Å²) in [4.78, 5) is 15.8. The number of Topliss-reactive ketones (excluding diaryl/α,β-unsaturated/α-hetero) is 1. The third-order valence-corrected chi connectivity index (χ3v) is 11.8. The maximum absolute atomic E-state index is 13.6. The van der Waals surface area contributed by atoms with Crippen LogP contribution < -0.4 is 0 Å². The van der Waals surface area contributed by atoms with Gasteiger partial charge in [0.2, 0.25) is 0 Å². The Balaban J connectivity index is 1.34. The number of nitrogens with zero attached hydrogens (tertiary/aromatic N) is 1. The third kappa shape index (κ3) is 3.53. The highest BCUT2D eigenvalue weighted by atomic mass is 16.3. The first kappa shape index (κ1) is 23.3. The average molecular weight is 446 g/mol. The fourth-order valence-electron chi connectivity index (χ4n) is 10.1. The second kappa shape index (κ2) is 7.78. The number of likely N-dealkylation sites (tertiary alicyclic amines) is 1. The molecule has 1 saturated heterocycles. The van der Waals surface area contributed by atoms with E-state index in [2.05, 4.69) is 25.7 Å². The Bertz CT molecular complexity index is 751. The molecule has 4 nitrogen and oxygen atoms in total. The predicted octanol–water partition coefficient (Wildman–Crippen LogP) is 4.81. The van der Waals surface area contributed by atoms with Gasteiger partial charge in [0.25, 0.3) is 0 Å². The van der Waals surface area contributed by atoms with Crippen LogP contribution in [-0.4, -0.2) is 52.2 Å². The number of carbonyl (C=O) groups excluding carboxylic acids is 1. The summed E-state index contributed by atoms with van der Waals surface area (Å²) < 4.78 is 0. The van der Waals surface area contributed by atoms with Crippen LogP contribution >= 0.6 is 0 Å². The predicted molar refractivity (Wildman–Crippen MR) is 127 cm³/mol. The van der Waals surface area contributed by atoms with Gasteiger partial charge in [0.1, 0.15) is 5.78 Å². The van der Waals surface area contributed by atoms with E-state index in [9.17, 15) is 15.0 Å². The van der Waals surface area contributed by atoms with E-state index in [1.165, 1.54) is 32.1 Å². The lowest BCUT2D eigenvalue weighted by Crippen LogP contribution is -2.60. The summed E-state index contributed by atoms with van der Waals surface area (Å²) in [7, 11) is 0. The van der Waals surface area contributed by atoms with Crippen LogP contribution in [0.3, 0.4) is 0 Å². The molecule has 4 saturated carbocycles. The quantitative estimate of drug-likeness (QED) is 0.654. The second-order valence-corrected chi connectivity index (χ2v) is 13.7. The van der Waals surface area contributed by atoms with Crippen LogP contribution in [0.25, 0.3) is 0 Å². The lowest BCUT2D eigenvalue weighted by Gasteiger charge is -2.66. The molecule has 0 bridgehead atoms. The Labute approximate surface area is 195 Å². The van der Waals surface area contributed by atoms with Crippen LogP contribution in [0.1, 0.15) is 98.3 Å². The van der Waals surface area contributed by atoms with Crippen molar-refractivity contribution in [1.29, 1.82) is 0 Å². The van der Waals surface area contributed by atoms with Gasteiger partial charge in [0.15, 0.2) is 0 Å². The van der Waals surface area contributed by atoms with Gasteiger partial charge < -0.3 is 10.2 Å². The third-order valence-electron chi connectivity index (χ3n) is 11.8. The second-order valence-electron chi connectivity index (χ2n) is 13.7. The Hall–Kier alpha value is -0.450. The topological polar surface area (TPSA) is 60.8 Å². The van der Waals surface area contributed by atoms with Crippen molar-refractivity contribution in [3.8, 4) is 0 Å². The van der Waals surface area contributed by atoms with Crippen LogP contribution in [0.4, 0.5) is 0 Å². The molecule has 0 aromatic carbocycles. The van der Waals surface area contributed by atoms with Gasteiger partial charge in [-0.25, -0.2) is 0 Å². The van der Waals surface area contributed by atoms with Crippen LogP contribution in [0.2, 0.25) is 0 Å². The van der Waals surface area contributed by atoms with Crippen molar-refractivity contribution in [3.05, 3.63) is 0 Å². The lowest BCUT2D eigenvalue weighted by molar-refractivity contribution is -0.186. The number of ketones is 1. The minimum atomic E-state index is -0.478. The van der Waals surface area contributed by atoms with E-state index in [1.807, 2.05) is 6.92 Å². The minimum absolute atomic E-state index is 0.139. The van der Waals surface area contributed by atoms with E-state index in [0.717, 1.165) is 51.0 Å². The first-order chi connectivity index (χ1) is 15.0. The van der Waals surface area contributed by atoms with Gasteiger partial charge in [0.05, 0.1) is 18.2 Å². The smallest absolute Gasteiger partial charge is 0.150 e. The Morgan fingerprint density at radius 3 is 2.34 bits per heavy atom. The van der Waals surface area contributed by atoms with Crippen molar-refractivity contribution in [2.24, 2.45) is 39.9 Å². The first-order valence-corrected chi connectivity index (χ1v) is 13.6. The van der Waals surface area contributed by atoms with Crippen LogP contribution in [-0.2, 0) is 4.79 Å². The lowest BCUT2D eigenvalue weighted by atomic mass is 9.39. The highest BCUT2D eigenvalue weighted by Crippen LogP contribution is 2.72. The molecule has 1 aliphatic heterocycles. The molecule has 0 amide bonds. The fraction of sp³-hybridized carbons (Fsp3) is 0.964. The van der Waals surface area contributed by atoms with Gasteiger partial charge in [-0.05, 0) is 118 Å². The van der Waals surface area contributed by atoms with E-state index in [1.54, 1.807) is 0 Å². The fourth-order valence-corrected chi connectivity index (χ4v) is 10.1. The number of carbonyl (C=O) groups is 1. The van der Waals surface area contributed by atoms with Gasteiger partial charge in [0, 0.05) is 12.5 Å². The number of aliphatic hydroxyl groups is 2. The largest absolute Gasteiger partial charge is 0.392 e. The summed E-state index contributed by atoms with van der Waals surface area (Å²) >= 11 is 0. The first-order valence-electron chi connectivity index (χ1n) is 13.6. The van der Waals surface area contributed by atoms with Crippen molar-refractivity contribution in [1.82, 2.24) is 4.90 Å². The van der Waals surface area contributed by atoms with Crippen molar-refractivity contribution < 1.29 is 15.0 Å². The van der Waals surface area contributed by atoms with Crippen LogP contribution in [0.15, 0.2) is 0 Å². The molecule has 0 aromatic rings. The van der Waals surface area contributed by atoms with E-state index in [4.69, 9.17) is 0 Å². The van der Waals surface area contributed by atoms with Gasteiger partial charge >= 0.3 is 0 Å². The molecule has 9 atom stereocenters. The molecule has 5 fully saturated rings. The average Bonchev–Trinajstić information content (AvgIpc) is 3.07. The summed E-state index contributed by atoms with van der Waals surface area (Å²) in [6.45, 7) is 11.8. The zero-order valence-corrected chi connectivity index (χ0v) is 21.0.